The van der Waals surface area contributed by atoms with Crippen LogP contribution in [-0.4, -0.2) is 22.4 Å². The summed E-state index contributed by atoms with van der Waals surface area (Å²) >= 11 is 0. The Labute approximate surface area is 128 Å². The van der Waals surface area contributed by atoms with Crippen molar-refractivity contribution in [3.8, 4) is 17.0 Å². The summed E-state index contributed by atoms with van der Waals surface area (Å²) in [5, 5.41) is 2.94. The molecule has 1 N–H and O–H groups in total. The van der Waals surface area contributed by atoms with Gasteiger partial charge in [0.05, 0.1) is 7.11 Å². The highest BCUT2D eigenvalue weighted by Gasteiger charge is 2.16. The van der Waals surface area contributed by atoms with E-state index in [1.165, 1.54) is 0 Å². The molecule has 2 aromatic heterocycles. The summed E-state index contributed by atoms with van der Waals surface area (Å²) < 4.78 is 7.15. The van der Waals surface area contributed by atoms with Gasteiger partial charge in [-0.2, -0.15) is 0 Å². The highest BCUT2D eigenvalue weighted by molar-refractivity contribution is 5.94. The van der Waals surface area contributed by atoms with Crippen molar-refractivity contribution < 1.29 is 9.53 Å². The monoisotopic (exact) mass is 295 g/mol. The molecule has 22 heavy (non-hydrogen) atoms. The van der Waals surface area contributed by atoms with Gasteiger partial charge < -0.3 is 10.1 Å². The van der Waals surface area contributed by atoms with Gasteiger partial charge >= 0.3 is 0 Å². The summed E-state index contributed by atoms with van der Waals surface area (Å²) in [5.41, 5.74) is 2.41. The Hall–Kier alpha value is -2.82. The first-order valence-corrected chi connectivity index (χ1v) is 7.14. The summed E-state index contributed by atoms with van der Waals surface area (Å²) in [7, 11) is 1.63. The zero-order chi connectivity index (χ0) is 15.5. The van der Waals surface area contributed by atoms with Crippen LogP contribution in [-0.2, 0) is 4.79 Å². The van der Waals surface area contributed by atoms with E-state index in [1.54, 1.807) is 7.11 Å². The summed E-state index contributed by atoms with van der Waals surface area (Å²) in [6.45, 7) is 1.82. The highest BCUT2D eigenvalue weighted by atomic mass is 16.5. The van der Waals surface area contributed by atoms with E-state index in [4.69, 9.17) is 4.74 Å². The predicted molar refractivity (Wildman–Crippen MR) is 86.1 cm³/mol. The number of methoxy groups -OCH3 is 1. The van der Waals surface area contributed by atoms with E-state index in [0.717, 1.165) is 22.7 Å². The number of benzene rings is 1. The molecule has 0 aliphatic carbocycles. The summed E-state index contributed by atoms with van der Waals surface area (Å²) in [6.07, 6.45) is 2.30. The molecule has 0 bridgehead atoms. The van der Waals surface area contributed by atoms with Gasteiger partial charge in [0, 0.05) is 18.2 Å². The van der Waals surface area contributed by atoms with Gasteiger partial charge in [-0.15, -0.1) is 0 Å². The van der Waals surface area contributed by atoms with Gasteiger partial charge in [-0.3, -0.25) is 9.20 Å². The molecule has 1 aromatic carbocycles. The molecule has 0 aliphatic heterocycles. The molecule has 0 aliphatic rings. The maximum atomic E-state index is 11.9. The summed E-state index contributed by atoms with van der Waals surface area (Å²) in [6, 6.07) is 13.4. The van der Waals surface area contributed by atoms with Crippen LogP contribution in [0.1, 0.15) is 13.3 Å². The Morgan fingerprint density at radius 1 is 1.27 bits per heavy atom. The molecular weight excluding hydrogens is 278 g/mol. The number of nitrogens with one attached hydrogen (secondary N) is 1. The van der Waals surface area contributed by atoms with Crippen molar-refractivity contribution in [1.29, 1.82) is 0 Å². The maximum absolute atomic E-state index is 11.9. The lowest BCUT2D eigenvalue weighted by atomic mass is 10.1. The normalized spacial score (nSPS) is 10.6. The van der Waals surface area contributed by atoms with Crippen molar-refractivity contribution in [3.05, 3.63) is 48.7 Å². The molecule has 112 valence electrons. The minimum Gasteiger partial charge on any atom is -0.497 e. The van der Waals surface area contributed by atoms with Crippen LogP contribution in [0, 0.1) is 0 Å². The Balaban J connectivity index is 2.18. The third-order valence-corrected chi connectivity index (χ3v) is 3.45. The molecule has 5 nitrogen and oxygen atoms in total. The van der Waals surface area contributed by atoms with E-state index in [1.807, 2.05) is 60.0 Å². The quantitative estimate of drug-likeness (QED) is 0.803. The van der Waals surface area contributed by atoms with E-state index in [9.17, 15) is 4.79 Å². The molecule has 3 aromatic rings. The van der Waals surface area contributed by atoms with Crippen LogP contribution in [0.25, 0.3) is 16.9 Å². The fraction of sp³-hybridized carbons (Fsp3) is 0.176. The molecular formula is C17H17N3O2. The standard InChI is InChI=1S/C17H17N3O2/c1-3-15(21)19-17-16(12-7-6-8-13(11-12)22-2)18-14-9-4-5-10-20(14)17/h4-11H,3H2,1-2H3,(H,19,21). The van der Waals surface area contributed by atoms with Crippen LogP contribution >= 0.6 is 0 Å². The van der Waals surface area contributed by atoms with Gasteiger partial charge in [0.2, 0.25) is 5.91 Å². The van der Waals surface area contributed by atoms with Crippen LogP contribution in [0.15, 0.2) is 48.7 Å². The van der Waals surface area contributed by atoms with Crippen LogP contribution < -0.4 is 10.1 Å². The highest BCUT2D eigenvalue weighted by Crippen LogP contribution is 2.30. The molecule has 0 radical (unpaired) electrons. The SMILES string of the molecule is CCC(=O)Nc1c(-c2cccc(OC)c2)nc2ccccn12. The number of fused-ring (bicyclic) bond motifs is 1. The number of aromatic nitrogens is 2. The third-order valence-electron chi connectivity index (χ3n) is 3.45. The van der Waals surface area contributed by atoms with E-state index >= 15 is 0 Å². The molecule has 2 heterocycles. The second-order valence-corrected chi connectivity index (χ2v) is 4.87. The maximum Gasteiger partial charge on any atom is 0.225 e. The third kappa shape index (κ3) is 2.53. The van der Waals surface area contributed by atoms with Gasteiger partial charge in [0.1, 0.15) is 22.9 Å². The van der Waals surface area contributed by atoms with E-state index in [2.05, 4.69) is 10.3 Å². The number of hydrogen-bond donors (Lipinski definition) is 1. The fourth-order valence-electron chi connectivity index (χ4n) is 2.31. The lowest BCUT2D eigenvalue weighted by molar-refractivity contribution is -0.115. The number of pyridine rings is 1. The van der Waals surface area contributed by atoms with Crippen molar-refractivity contribution in [2.75, 3.05) is 12.4 Å². The second-order valence-electron chi connectivity index (χ2n) is 4.87. The zero-order valence-electron chi connectivity index (χ0n) is 12.5. The largest absolute Gasteiger partial charge is 0.497 e. The average Bonchev–Trinajstić information content (AvgIpc) is 2.93. The molecule has 0 saturated heterocycles. The molecule has 0 atom stereocenters. The zero-order valence-corrected chi connectivity index (χ0v) is 12.5. The van der Waals surface area contributed by atoms with Gasteiger partial charge in [-0.1, -0.05) is 25.1 Å². The van der Waals surface area contributed by atoms with Crippen LogP contribution in [0.5, 0.6) is 5.75 Å². The molecule has 0 spiro atoms. The molecule has 1 amide bonds. The molecule has 5 heteroatoms. The fourth-order valence-corrected chi connectivity index (χ4v) is 2.31. The molecule has 0 fully saturated rings. The van der Waals surface area contributed by atoms with Crippen molar-refractivity contribution in [3.63, 3.8) is 0 Å². The van der Waals surface area contributed by atoms with Gasteiger partial charge in [-0.05, 0) is 24.3 Å². The molecule has 0 saturated carbocycles. The first-order chi connectivity index (χ1) is 10.7. The van der Waals surface area contributed by atoms with Crippen LogP contribution in [0.3, 0.4) is 0 Å². The van der Waals surface area contributed by atoms with Crippen LogP contribution in [0.2, 0.25) is 0 Å². The second kappa shape index (κ2) is 5.89. The number of ether oxygens (including phenoxy) is 1. The smallest absolute Gasteiger partial charge is 0.225 e. The molecule has 0 unspecified atom stereocenters. The van der Waals surface area contributed by atoms with Crippen molar-refractivity contribution in [2.24, 2.45) is 0 Å². The lowest BCUT2D eigenvalue weighted by Gasteiger charge is -2.07. The number of imidazole rings is 1. The van der Waals surface area contributed by atoms with Crippen LogP contribution in [0.4, 0.5) is 5.82 Å². The summed E-state index contributed by atoms with van der Waals surface area (Å²) in [5.74, 6) is 1.38. The predicted octanol–water partition coefficient (Wildman–Crippen LogP) is 3.36. The number of amides is 1. The summed E-state index contributed by atoms with van der Waals surface area (Å²) in [4.78, 5) is 16.5. The number of anilines is 1. The lowest BCUT2D eigenvalue weighted by Crippen LogP contribution is -2.12. The van der Waals surface area contributed by atoms with Gasteiger partial charge in [0.15, 0.2) is 0 Å². The van der Waals surface area contributed by atoms with Crippen molar-refractivity contribution in [2.45, 2.75) is 13.3 Å². The van der Waals surface area contributed by atoms with E-state index in [0.29, 0.717) is 12.2 Å². The molecule has 3 rings (SSSR count). The number of carbonyl (C=O) groups excluding carboxylic acids is 1. The Morgan fingerprint density at radius 3 is 2.91 bits per heavy atom. The van der Waals surface area contributed by atoms with Gasteiger partial charge in [-0.25, -0.2) is 4.98 Å². The minimum atomic E-state index is -0.0465. The number of rotatable bonds is 4. The Morgan fingerprint density at radius 2 is 2.14 bits per heavy atom. The number of carbonyl (C=O) groups is 1. The van der Waals surface area contributed by atoms with Crippen molar-refractivity contribution >= 4 is 17.4 Å². The first kappa shape index (κ1) is 14.1. The first-order valence-electron chi connectivity index (χ1n) is 7.14. The van der Waals surface area contributed by atoms with E-state index < -0.39 is 0 Å². The Kier molecular flexibility index (Phi) is 3.78. The van der Waals surface area contributed by atoms with E-state index in [-0.39, 0.29) is 5.91 Å². The topological polar surface area (TPSA) is 55.6 Å². The number of nitrogens with zero attached hydrogens (tertiary/aromatic N) is 2. The minimum absolute atomic E-state index is 0.0465. The van der Waals surface area contributed by atoms with Gasteiger partial charge in [0.25, 0.3) is 0 Å². The number of hydrogen-bond acceptors (Lipinski definition) is 3. The average molecular weight is 295 g/mol. The Bertz CT molecular complexity index is 824. The van der Waals surface area contributed by atoms with Crippen molar-refractivity contribution in [1.82, 2.24) is 9.38 Å².